The molecule has 32 heavy (non-hydrogen) atoms. The van der Waals surface area contributed by atoms with Crippen molar-refractivity contribution in [1.29, 1.82) is 0 Å². The highest BCUT2D eigenvalue weighted by molar-refractivity contribution is 8.00. The number of nitrogens with two attached hydrogens (primary N) is 1. The van der Waals surface area contributed by atoms with Gasteiger partial charge >= 0.3 is 12.0 Å². The molecule has 166 valence electrons. The van der Waals surface area contributed by atoms with E-state index in [9.17, 15) is 14.4 Å². The molecule has 4 rings (SSSR count). The van der Waals surface area contributed by atoms with E-state index in [1.54, 1.807) is 61.7 Å². The van der Waals surface area contributed by atoms with Gasteiger partial charge in [0.2, 0.25) is 5.66 Å². The summed E-state index contributed by atoms with van der Waals surface area (Å²) < 4.78 is 10.5. The third kappa shape index (κ3) is 4.14. The van der Waals surface area contributed by atoms with Crippen LogP contribution in [0.4, 0.5) is 10.5 Å². The van der Waals surface area contributed by atoms with Crippen LogP contribution < -0.4 is 21.1 Å². The van der Waals surface area contributed by atoms with E-state index in [0.29, 0.717) is 17.2 Å². The smallest absolute Gasteiger partial charge is 0.355 e. The molecule has 3 amide bonds. The Morgan fingerprint density at radius 3 is 2.59 bits per heavy atom. The molecule has 0 aliphatic carbocycles. The Bertz CT molecular complexity index is 1060. The number of amides is 3. The number of thioether (sulfide) groups is 1. The molecule has 0 aromatic heterocycles. The van der Waals surface area contributed by atoms with Crippen LogP contribution in [-0.2, 0) is 20.9 Å². The van der Waals surface area contributed by atoms with Gasteiger partial charge in [-0.3, -0.25) is 15.4 Å². The molecule has 0 bridgehead atoms. The van der Waals surface area contributed by atoms with E-state index >= 15 is 0 Å². The van der Waals surface area contributed by atoms with Gasteiger partial charge in [-0.25, -0.2) is 9.59 Å². The summed E-state index contributed by atoms with van der Waals surface area (Å²) >= 11 is 1.35. The number of benzene rings is 2. The van der Waals surface area contributed by atoms with Gasteiger partial charge in [0.15, 0.2) is 0 Å². The van der Waals surface area contributed by atoms with Gasteiger partial charge in [0, 0.05) is 11.4 Å². The second kappa shape index (κ2) is 8.93. The lowest BCUT2D eigenvalue weighted by Gasteiger charge is -2.54. The number of methoxy groups -OCH3 is 1. The molecular formula is C22H22N4O5S. The summed E-state index contributed by atoms with van der Waals surface area (Å²) in [6.45, 7) is 0.0471. The maximum atomic E-state index is 12.8. The fraction of sp³-hybridized carbons (Fsp3) is 0.227. The van der Waals surface area contributed by atoms with Gasteiger partial charge in [-0.05, 0) is 35.9 Å². The third-order valence-corrected chi connectivity index (χ3v) is 6.33. The fourth-order valence-corrected chi connectivity index (χ4v) is 4.64. The molecular weight excluding hydrogens is 432 g/mol. The number of hydrogen-bond donors (Lipinski definition) is 3. The van der Waals surface area contributed by atoms with Crippen molar-refractivity contribution in [2.75, 3.05) is 18.2 Å². The van der Waals surface area contributed by atoms with Gasteiger partial charge in [-0.15, -0.1) is 11.8 Å². The number of anilines is 1. The topological polar surface area (TPSA) is 123 Å². The van der Waals surface area contributed by atoms with E-state index < -0.39 is 28.9 Å². The number of rotatable bonds is 6. The number of carbonyl (C=O) groups is 3. The minimum Gasteiger partial charge on any atom is -0.497 e. The van der Waals surface area contributed by atoms with E-state index in [-0.39, 0.29) is 12.3 Å². The van der Waals surface area contributed by atoms with Crippen LogP contribution in [0, 0.1) is 0 Å². The van der Waals surface area contributed by atoms with Crippen molar-refractivity contribution in [3.8, 4) is 5.75 Å². The van der Waals surface area contributed by atoms with Crippen molar-refractivity contribution in [3.05, 3.63) is 71.9 Å². The van der Waals surface area contributed by atoms with E-state index in [2.05, 4.69) is 10.6 Å². The Morgan fingerprint density at radius 1 is 1.19 bits per heavy atom. The van der Waals surface area contributed by atoms with Gasteiger partial charge in [-0.1, -0.05) is 30.3 Å². The van der Waals surface area contributed by atoms with Crippen molar-refractivity contribution in [2.24, 2.45) is 5.73 Å². The Balaban J connectivity index is 1.37. The van der Waals surface area contributed by atoms with Crippen molar-refractivity contribution in [2.45, 2.75) is 17.6 Å². The van der Waals surface area contributed by atoms with Crippen LogP contribution in [0.5, 0.6) is 5.75 Å². The molecule has 1 unspecified atom stereocenters. The van der Waals surface area contributed by atoms with Crippen LogP contribution in [-0.4, -0.2) is 46.7 Å². The molecule has 2 heterocycles. The van der Waals surface area contributed by atoms with E-state index in [1.165, 1.54) is 16.7 Å². The zero-order valence-electron chi connectivity index (χ0n) is 17.2. The summed E-state index contributed by atoms with van der Waals surface area (Å²) in [5.74, 6) is -0.0625. The first-order chi connectivity index (χ1) is 15.4. The molecule has 1 saturated heterocycles. The number of nitrogens with one attached hydrogen (secondary N) is 2. The Kier molecular flexibility index (Phi) is 6.06. The monoisotopic (exact) mass is 454 g/mol. The summed E-state index contributed by atoms with van der Waals surface area (Å²) in [6, 6.07) is 15.3. The number of carbonyl (C=O) groups excluding carboxylic acids is 3. The summed E-state index contributed by atoms with van der Waals surface area (Å²) in [7, 11) is 1.57. The average Bonchev–Trinajstić information content (AvgIpc) is 2.82. The molecule has 4 N–H and O–H groups in total. The number of nitrogens with zero attached hydrogens (tertiary/aromatic N) is 1. The van der Waals surface area contributed by atoms with Crippen molar-refractivity contribution in [1.82, 2.24) is 10.2 Å². The Morgan fingerprint density at radius 2 is 1.91 bits per heavy atom. The largest absolute Gasteiger partial charge is 0.497 e. The fourth-order valence-electron chi connectivity index (χ4n) is 3.42. The molecule has 10 heteroatoms. The number of hydrogen-bond acceptors (Lipinski definition) is 7. The first kappa shape index (κ1) is 21.7. The summed E-state index contributed by atoms with van der Waals surface area (Å²) in [6.07, 6.45) is 1.62. The predicted octanol–water partition coefficient (Wildman–Crippen LogP) is 2.01. The summed E-state index contributed by atoms with van der Waals surface area (Å²) in [5.41, 5.74) is 6.08. The van der Waals surface area contributed by atoms with E-state index in [1.807, 2.05) is 6.07 Å². The Hall–Kier alpha value is -3.50. The third-order valence-electron chi connectivity index (χ3n) is 5.08. The molecule has 2 aromatic carbocycles. The lowest BCUT2D eigenvalue weighted by atomic mass is 9.97. The second-order valence-electron chi connectivity index (χ2n) is 7.19. The number of esters is 1. The summed E-state index contributed by atoms with van der Waals surface area (Å²) in [4.78, 5) is 39.1. The van der Waals surface area contributed by atoms with Crippen LogP contribution in [0.15, 0.2) is 66.4 Å². The maximum Gasteiger partial charge on any atom is 0.355 e. The van der Waals surface area contributed by atoms with Gasteiger partial charge in [0.25, 0.3) is 5.91 Å². The van der Waals surface area contributed by atoms with Crippen LogP contribution in [0.25, 0.3) is 0 Å². The normalized spacial score (nSPS) is 21.6. The maximum absolute atomic E-state index is 12.8. The highest BCUT2D eigenvalue weighted by Gasteiger charge is 2.63. The van der Waals surface area contributed by atoms with Gasteiger partial charge in [-0.2, -0.15) is 0 Å². The number of urea groups is 1. The lowest BCUT2D eigenvalue weighted by Crippen LogP contribution is -2.84. The van der Waals surface area contributed by atoms with Gasteiger partial charge in [0.1, 0.15) is 23.4 Å². The first-order valence-corrected chi connectivity index (χ1v) is 10.9. The number of ether oxygens (including phenoxy) is 2. The molecule has 0 saturated carbocycles. The lowest BCUT2D eigenvalue weighted by molar-refractivity contribution is -0.158. The van der Waals surface area contributed by atoms with E-state index in [0.717, 1.165) is 5.56 Å². The molecule has 9 nitrogen and oxygen atoms in total. The molecule has 2 aliphatic heterocycles. The first-order valence-electron chi connectivity index (χ1n) is 9.81. The van der Waals surface area contributed by atoms with Crippen LogP contribution >= 0.6 is 11.8 Å². The number of β-lactam (4-membered cyclic amide) rings is 1. The second-order valence-corrected chi connectivity index (χ2v) is 8.30. The summed E-state index contributed by atoms with van der Waals surface area (Å²) in [5, 5.41) is 4.56. The van der Waals surface area contributed by atoms with E-state index in [4.69, 9.17) is 15.2 Å². The Labute approximate surface area is 188 Å². The number of para-hydroxylation sites is 1. The molecule has 0 spiro atoms. The average molecular weight is 455 g/mol. The predicted molar refractivity (Wildman–Crippen MR) is 119 cm³/mol. The minimum absolute atomic E-state index is 0.0471. The molecule has 0 radical (unpaired) electrons. The van der Waals surface area contributed by atoms with Crippen LogP contribution in [0.3, 0.4) is 0 Å². The quantitative estimate of drug-likeness (QED) is 0.347. The zero-order valence-corrected chi connectivity index (χ0v) is 18.1. The standard InChI is InChI=1S/C22H22N4O5S/c1-30-16-9-7-14(8-10-16)13-31-18(27)17-11-12-32-20-22(23,19(28)26(17)20)25-21(29)24-15-5-3-2-4-6-15/h2-11,20H,12-13,23H2,1H3,(H2,24,25,29)/t20-,22?/m0/s1. The van der Waals surface area contributed by atoms with Crippen LogP contribution in [0.2, 0.25) is 0 Å². The van der Waals surface area contributed by atoms with Crippen molar-refractivity contribution in [3.63, 3.8) is 0 Å². The molecule has 1 fully saturated rings. The van der Waals surface area contributed by atoms with Crippen molar-refractivity contribution >= 4 is 35.4 Å². The highest BCUT2D eigenvalue weighted by Crippen LogP contribution is 2.41. The number of fused-ring (bicyclic) bond motifs is 1. The van der Waals surface area contributed by atoms with Gasteiger partial charge < -0.3 is 20.1 Å². The molecule has 2 atom stereocenters. The zero-order chi connectivity index (χ0) is 22.7. The molecule has 2 aliphatic rings. The minimum atomic E-state index is -1.63. The van der Waals surface area contributed by atoms with Crippen molar-refractivity contribution < 1.29 is 23.9 Å². The van der Waals surface area contributed by atoms with Gasteiger partial charge in [0.05, 0.1) is 7.11 Å². The van der Waals surface area contributed by atoms with Crippen LogP contribution in [0.1, 0.15) is 5.56 Å². The SMILES string of the molecule is COc1ccc(COC(=O)C2=CCS[C@@H]3N2C(=O)C3(N)NC(=O)Nc2ccccc2)cc1. The molecule has 2 aromatic rings. The highest BCUT2D eigenvalue weighted by atomic mass is 32.2.